The molecule has 0 fully saturated rings. The Morgan fingerprint density at radius 2 is 1.67 bits per heavy atom. The summed E-state index contributed by atoms with van der Waals surface area (Å²) in [5.41, 5.74) is 3.24. The van der Waals surface area contributed by atoms with Crippen LogP contribution in [0.2, 0.25) is 13.1 Å². The maximum absolute atomic E-state index is 10.7. The van der Waals surface area contributed by atoms with Crippen LogP contribution in [0.5, 0.6) is 0 Å². The van der Waals surface area contributed by atoms with Crippen LogP contribution in [0, 0.1) is 25.9 Å². The third-order valence-corrected chi connectivity index (χ3v) is 8.17. The summed E-state index contributed by atoms with van der Waals surface area (Å²) in [5, 5.41) is 13.3. The highest BCUT2D eigenvalue weighted by molar-refractivity contribution is 7.01. The molecule has 0 spiro atoms. The number of benzene rings is 2. The highest BCUT2D eigenvalue weighted by atomic mass is 28.3. The van der Waals surface area contributed by atoms with Crippen molar-refractivity contribution in [3.05, 3.63) is 59.2 Å². The molecule has 24 heavy (non-hydrogen) atoms. The van der Waals surface area contributed by atoms with E-state index in [1.54, 1.807) is 0 Å². The second-order valence-electron chi connectivity index (χ2n) is 6.56. The smallest absolute Gasteiger partial charge is 0.143 e. The van der Waals surface area contributed by atoms with Crippen LogP contribution < -0.4 is 10.4 Å². The van der Waals surface area contributed by atoms with Crippen molar-refractivity contribution in [2.24, 2.45) is 0 Å². The first-order valence-electron chi connectivity index (χ1n) is 8.36. The number of aryl methyl sites for hydroxylation is 2. The Bertz CT molecular complexity index is 755. The van der Waals surface area contributed by atoms with Crippen molar-refractivity contribution < 1.29 is 9.84 Å². The van der Waals surface area contributed by atoms with Gasteiger partial charge in [0.2, 0.25) is 0 Å². The third-order valence-electron chi connectivity index (χ3n) is 4.48. The molecule has 126 valence electrons. The number of ether oxygens (including phenoxy) is 1. The average molecular weight is 339 g/mol. The molecule has 1 atom stereocenters. The van der Waals surface area contributed by atoms with Gasteiger partial charge in [-0.15, -0.1) is 0 Å². The second-order valence-corrected chi connectivity index (χ2v) is 10.9. The SMILES string of the molecule is CCOC#CC(O)c1c(C)ccc(C)c1[Si](C)(C)c1ccccc1. The first kappa shape index (κ1) is 18.3. The van der Waals surface area contributed by atoms with Gasteiger partial charge in [0.15, 0.2) is 0 Å². The van der Waals surface area contributed by atoms with Crippen LogP contribution in [-0.4, -0.2) is 19.8 Å². The molecule has 0 saturated carbocycles. The lowest BCUT2D eigenvalue weighted by Gasteiger charge is -2.30. The molecule has 0 saturated heterocycles. The Kier molecular flexibility index (Phi) is 5.88. The quantitative estimate of drug-likeness (QED) is 0.685. The molecular weight excluding hydrogens is 312 g/mol. The van der Waals surface area contributed by atoms with E-state index in [1.165, 1.54) is 15.9 Å². The van der Waals surface area contributed by atoms with Gasteiger partial charge >= 0.3 is 0 Å². The number of hydrogen-bond acceptors (Lipinski definition) is 2. The predicted molar refractivity (Wildman–Crippen MR) is 103 cm³/mol. The van der Waals surface area contributed by atoms with E-state index >= 15 is 0 Å². The van der Waals surface area contributed by atoms with E-state index in [2.05, 4.69) is 68.4 Å². The molecule has 2 rings (SSSR count). The lowest BCUT2D eigenvalue weighted by molar-refractivity contribution is 0.233. The molecule has 3 heteroatoms. The highest BCUT2D eigenvalue weighted by Crippen LogP contribution is 2.21. The Balaban J connectivity index is 2.62. The lowest BCUT2D eigenvalue weighted by atomic mass is 10.0. The molecule has 0 bridgehead atoms. The molecule has 0 aliphatic rings. The van der Waals surface area contributed by atoms with Crippen LogP contribution in [0.3, 0.4) is 0 Å². The minimum absolute atomic E-state index is 0.517. The molecular formula is C21H26O2Si. The van der Waals surface area contributed by atoms with E-state index in [4.69, 9.17) is 4.74 Å². The van der Waals surface area contributed by atoms with Crippen molar-refractivity contribution in [1.82, 2.24) is 0 Å². The van der Waals surface area contributed by atoms with Crippen LogP contribution in [0.1, 0.15) is 29.7 Å². The number of aliphatic hydroxyl groups is 1. The van der Waals surface area contributed by atoms with Gasteiger partial charge in [0.05, 0.1) is 6.61 Å². The van der Waals surface area contributed by atoms with E-state index < -0.39 is 14.2 Å². The van der Waals surface area contributed by atoms with Crippen molar-refractivity contribution in [3.63, 3.8) is 0 Å². The van der Waals surface area contributed by atoms with E-state index in [1.807, 2.05) is 19.9 Å². The van der Waals surface area contributed by atoms with Crippen molar-refractivity contribution in [2.45, 2.75) is 40.0 Å². The van der Waals surface area contributed by atoms with Crippen LogP contribution in [0.25, 0.3) is 0 Å². The van der Waals surface area contributed by atoms with Crippen molar-refractivity contribution in [3.8, 4) is 12.0 Å². The molecule has 2 nitrogen and oxygen atoms in total. The Morgan fingerprint density at radius 1 is 1.04 bits per heavy atom. The summed E-state index contributed by atoms with van der Waals surface area (Å²) in [5.74, 6) is 2.84. The van der Waals surface area contributed by atoms with Crippen molar-refractivity contribution >= 4 is 18.4 Å². The molecule has 1 unspecified atom stereocenters. The van der Waals surface area contributed by atoms with Crippen LogP contribution in [-0.2, 0) is 4.74 Å². The molecule has 0 amide bonds. The summed E-state index contributed by atoms with van der Waals surface area (Å²) in [4.78, 5) is 0. The van der Waals surface area contributed by atoms with Gasteiger partial charge < -0.3 is 9.84 Å². The summed E-state index contributed by atoms with van der Waals surface area (Å²) in [6.07, 6.45) is 1.78. The van der Waals surface area contributed by atoms with Crippen molar-refractivity contribution in [2.75, 3.05) is 6.61 Å². The zero-order valence-electron chi connectivity index (χ0n) is 15.2. The maximum atomic E-state index is 10.7. The van der Waals surface area contributed by atoms with Gasteiger partial charge in [-0.3, -0.25) is 0 Å². The van der Waals surface area contributed by atoms with Crippen LogP contribution in [0.15, 0.2) is 42.5 Å². The third kappa shape index (κ3) is 3.72. The fourth-order valence-corrected chi connectivity index (χ4v) is 6.65. The van der Waals surface area contributed by atoms with Gasteiger partial charge in [-0.1, -0.05) is 66.3 Å². The van der Waals surface area contributed by atoms with E-state index in [9.17, 15) is 5.11 Å². The summed E-state index contributed by atoms with van der Waals surface area (Å²) in [6, 6.07) is 14.8. The molecule has 0 aromatic heterocycles. The molecule has 0 aliphatic carbocycles. The number of rotatable bonds is 4. The molecule has 2 aromatic carbocycles. The van der Waals surface area contributed by atoms with Gasteiger partial charge in [0, 0.05) is 0 Å². The molecule has 0 heterocycles. The van der Waals surface area contributed by atoms with Crippen molar-refractivity contribution in [1.29, 1.82) is 0 Å². The summed E-state index contributed by atoms with van der Waals surface area (Å²) in [6.45, 7) is 11.2. The average Bonchev–Trinajstić information content (AvgIpc) is 2.57. The monoisotopic (exact) mass is 338 g/mol. The fraction of sp³-hybridized carbons (Fsp3) is 0.333. The van der Waals surface area contributed by atoms with Gasteiger partial charge in [-0.2, -0.15) is 0 Å². The van der Waals surface area contributed by atoms with Gasteiger partial charge in [-0.25, -0.2) is 0 Å². The van der Waals surface area contributed by atoms with E-state index in [0.29, 0.717) is 6.61 Å². The maximum Gasteiger partial charge on any atom is 0.143 e. The van der Waals surface area contributed by atoms with E-state index in [-0.39, 0.29) is 0 Å². The molecule has 2 aromatic rings. The Labute approximate surface area is 146 Å². The molecule has 0 aliphatic heterocycles. The zero-order valence-corrected chi connectivity index (χ0v) is 16.2. The van der Waals surface area contributed by atoms with E-state index in [0.717, 1.165) is 11.1 Å². The van der Waals surface area contributed by atoms with Gasteiger partial charge in [0.25, 0.3) is 0 Å². The summed E-state index contributed by atoms with van der Waals surface area (Å²) in [7, 11) is -1.95. The van der Waals surface area contributed by atoms with Crippen LogP contribution in [0.4, 0.5) is 0 Å². The normalized spacial score (nSPS) is 12.2. The number of aliphatic hydroxyl groups excluding tert-OH is 1. The minimum atomic E-state index is -1.95. The Morgan fingerprint density at radius 3 is 2.29 bits per heavy atom. The first-order valence-corrected chi connectivity index (χ1v) is 11.4. The number of hydrogen-bond donors (Lipinski definition) is 1. The highest BCUT2D eigenvalue weighted by Gasteiger charge is 2.32. The Hall–Kier alpha value is -2.02. The largest absolute Gasteiger partial charge is 0.447 e. The van der Waals surface area contributed by atoms with Crippen LogP contribution >= 0.6 is 0 Å². The standard InChI is InChI=1S/C21H26O2Si/c1-6-23-15-14-19(22)20-16(2)12-13-17(3)21(20)24(4,5)18-10-8-7-9-11-18/h7-13,19,22H,6H2,1-5H3. The first-order chi connectivity index (χ1) is 11.4. The molecule has 0 radical (unpaired) electrons. The summed E-state index contributed by atoms with van der Waals surface area (Å²) < 4.78 is 5.10. The minimum Gasteiger partial charge on any atom is -0.447 e. The lowest BCUT2D eigenvalue weighted by Crippen LogP contribution is -2.55. The summed E-state index contributed by atoms with van der Waals surface area (Å²) >= 11 is 0. The molecule has 1 N–H and O–H groups in total. The van der Waals surface area contributed by atoms with Gasteiger partial charge in [-0.05, 0) is 43.0 Å². The zero-order chi connectivity index (χ0) is 17.7. The second kappa shape index (κ2) is 7.70. The predicted octanol–water partition coefficient (Wildman–Crippen LogP) is 3.16. The fourth-order valence-electron chi connectivity index (χ4n) is 3.26. The van der Waals surface area contributed by atoms with Gasteiger partial charge in [0.1, 0.15) is 20.3 Å². The topological polar surface area (TPSA) is 29.5 Å².